The van der Waals surface area contributed by atoms with E-state index in [0.29, 0.717) is 19.1 Å². The van der Waals surface area contributed by atoms with Crippen LogP contribution in [0.25, 0.3) is 6.08 Å². The lowest BCUT2D eigenvalue weighted by atomic mass is 10.1. The number of nitrogens with zero attached hydrogens (tertiary/aromatic N) is 3. The first-order valence-corrected chi connectivity index (χ1v) is 11.4. The number of carbonyl (C=O) groups is 2. The number of carboxylic acid groups (broad SMARTS) is 1. The van der Waals surface area contributed by atoms with E-state index in [1.807, 2.05) is 29.2 Å². The standard InChI is InChI=1S/C25H24Cl2N4O4/c1-35-16-15-31(25-28-13-4-14-29-25)18-11-9-17(10-12-18)5-2-8-21(24(33)34)30-23(32)22-19(26)6-3-7-20(22)27/h2-7,9-14,21H,8,15-16H2,1H3,(H,30,32)(H,33,34)/b5-2+. The Kier molecular flexibility index (Phi) is 9.60. The van der Waals surface area contributed by atoms with Gasteiger partial charge >= 0.3 is 5.97 Å². The number of anilines is 2. The summed E-state index contributed by atoms with van der Waals surface area (Å²) in [4.78, 5) is 34.8. The second-order valence-corrected chi connectivity index (χ2v) is 8.20. The zero-order valence-electron chi connectivity index (χ0n) is 18.9. The summed E-state index contributed by atoms with van der Waals surface area (Å²) in [5.41, 5.74) is 1.79. The number of halogens is 2. The summed E-state index contributed by atoms with van der Waals surface area (Å²) in [5, 5.41) is 12.3. The predicted octanol–water partition coefficient (Wildman–Crippen LogP) is 4.85. The summed E-state index contributed by atoms with van der Waals surface area (Å²) in [6.07, 6.45) is 6.90. The average molecular weight is 515 g/mol. The Labute approximate surface area is 213 Å². The number of hydrogen-bond donors (Lipinski definition) is 2. The number of benzene rings is 2. The molecule has 0 bridgehead atoms. The molecule has 0 aliphatic heterocycles. The summed E-state index contributed by atoms with van der Waals surface area (Å²) in [6, 6.07) is 12.9. The maximum absolute atomic E-state index is 12.5. The molecule has 2 aromatic carbocycles. The van der Waals surface area contributed by atoms with Gasteiger partial charge in [-0.05, 0) is 42.3 Å². The monoisotopic (exact) mass is 514 g/mol. The minimum atomic E-state index is -1.17. The molecule has 3 aromatic rings. The number of nitrogens with one attached hydrogen (secondary N) is 1. The Balaban J connectivity index is 1.67. The van der Waals surface area contributed by atoms with Crippen molar-refractivity contribution in [2.24, 2.45) is 0 Å². The molecule has 35 heavy (non-hydrogen) atoms. The molecule has 0 saturated heterocycles. The summed E-state index contributed by atoms with van der Waals surface area (Å²) in [5.74, 6) is -1.25. The number of ether oxygens (including phenoxy) is 1. The molecule has 1 unspecified atom stereocenters. The molecular weight excluding hydrogens is 491 g/mol. The SMILES string of the molecule is COCCN(c1ccc(/C=C/CC(NC(=O)c2c(Cl)cccc2Cl)C(=O)O)cc1)c1ncccn1. The van der Waals surface area contributed by atoms with E-state index in [2.05, 4.69) is 15.3 Å². The Morgan fingerprint density at radius 3 is 2.34 bits per heavy atom. The Morgan fingerprint density at radius 1 is 1.09 bits per heavy atom. The minimum Gasteiger partial charge on any atom is -0.480 e. The number of amides is 1. The molecule has 0 aliphatic rings. The summed E-state index contributed by atoms with van der Waals surface area (Å²) in [6.45, 7) is 1.08. The number of aliphatic carboxylic acids is 1. The number of hydrogen-bond acceptors (Lipinski definition) is 6. The van der Waals surface area contributed by atoms with Crippen molar-refractivity contribution in [3.8, 4) is 0 Å². The van der Waals surface area contributed by atoms with Crippen LogP contribution in [0.3, 0.4) is 0 Å². The van der Waals surface area contributed by atoms with Gasteiger partial charge in [-0.2, -0.15) is 0 Å². The highest BCUT2D eigenvalue weighted by atomic mass is 35.5. The number of rotatable bonds is 11. The number of carbonyl (C=O) groups excluding carboxylic acids is 1. The second-order valence-electron chi connectivity index (χ2n) is 7.38. The molecule has 182 valence electrons. The van der Waals surface area contributed by atoms with Crippen molar-refractivity contribution >= 4 is 52.8 Å². The zero-order valence-corrected chi connectivity index (χ0v) is 20.4. The van der Waals surface area contributed by atoms with E-state index in [-0.39, 0.29) is 22.0 Å². The fourth-order valence-corrected chi connectivity index (χ4v) is 3.80. The van der Waals surface area contributed by atoms with Crippen molar-refractivity contribution in [2.45, 2.75) is 12.5 Å². The molecule has 1 atom stereocenters. The van der Waals surface area contributed by atoms with Crippen LogP contribution in [0.1, 0.15) is 22.3 Å². The van der Waals surface area contributed by atoms with Gasteiger partial charge in [-0.3, -0.25) is 4.79 Å². The van der Waals surface area contributed by atoms with Crippen LogP contribution in [0.2, 0.25) is 10.0 Å². The Bertz CT molecular complexity index is 1150. The van der Waals surface area contributed by atoms with Gasteiger partial charge in [0, 0.05) is 31.7 Å². The smallest absolute Gasteiger partial charge is 0.326 e. The van der Waals surface area contributed by atoms with Gasteiger partial charge in [-0.25, -0.2) is 14.8 Å². The molecule has 8 nitrogen and oxygen atoms in total. The van der Waals surface area contributed by atoms with Crippen LogP contribution in [0.5, 0.6) is 0 Å². The summed E-state index contributed by atoms with van der Waals surface area (Å²) >= 11 is 12.1. The van der Waals surface area contributed by atoms with Gasteiger partial charge in [0.25, 0.3) is 5.91 Å². The molecular formula is C25H24Cl2N4O4. The molecule has 0 aliphatic carbocycles. The molecule has 0 fully saturated rings. The number of carboxylic acids is 1. The first-order chi connectivity index (χ1) is 16.9. The van der Waals surface area contributed by atoms with Gasteiger partial charge in [0.1, 0.15) is 6.04 Å². The summed E-state index contributed by atoms with van der Waals surface area (Å²) in [7, 11) is 1.63. The maximum Gasteiger partial charge on any atom is 0.326 e. The minimum absolute atomic E-state index is 0.0436. The molecule has 1 amide bonds. The van der Waals surface area contributed by atoms with Gasteiger partial charge in [0.2, 0.25) is 5.95 Å². The highest BCUT2D eigenvalue weighted by Gasteiger charge is 2.22. The third-order valence-electron chi connectivity index (χ3n) is 4.99. The molecule has 1 heterocycles. The van der Waals surface area contributed by atoms with E-state index >= 15 is 0 Å². The van der Waals surface area contributed by atoms with Crippen LogP contribution in [0.4, 0.5) is 11.6 Å². The molecule has 2 N–H and O–H groups in total. The largest absolute Gasteiger partial charge is 0.480 e. The molecule has 0 saturated carbocycles. The van der Waals surface area contributed by atoms with E-state index in [9.17, 15) is 14.7 Å². The predicted molar refractivity (Wildman–Crippen MR) is 136 cm³/mol. The summed E-state index contributed by atoms with van der Waals surface area (Å²) < 4.78 is 5.20. The molecule has 1 aromatic heterocycles. The van der Waals surface area contributed by atoms with Crippen LogP contribution in [-0.4, -0.2) is 53.3 Å². The molecule has 0 radical (unpaired) electrons. The Morgan fingerprint density at radius 2 is 1.74 bits per heavy atom. The fourth-order valence-electron chi connectivity index (χ4n) is 3.23. The van der Waals surface area contributed by atoms with Crippen molar-refractivity contribution in [3.63, 3.8) is 0 Å². The van der Waals surface area contributed by atoms with E-state index in [1.54, 1.807) is 43.8 Å². The van der Waals surface area contributed by atoms with Gasteiger partial charge in [0.15, 0.2) is 0 Å². The number of methoxy groups -OCH3 is 1. The van der Waals surface area contributed by atoms with Crippen LogP contribution >= 0.6 is 23.2 Å². The second kappa shape index (κ2) is 12.9. The molecule has 3 rings (SSSR count). The zero-order chi connectivity index (χ0) is 25.2. The average Bonchev–Trinajstić information content (AvgIpc) is 2.85. The van der Waals surface area contributed by atoms with Crippen molar-refractivity contribution < 1.29 is 19.4 Å². The topological polar surface area (TPSA) is 105 Å². The van der Waals surface area contributed by atoms with Crippen molar-refractivity contribution in [1.82, 2.24) is 15.3 Å². The highest BCUT2D eigenvalue weighted by molar-refractivity contribution is 6.39. The third-order valence-corrected chi connectivity index (χ3v) is 5.62. The highest BCUT2D eigenvalue weighted by Crippen LogP contribution is 2.25. The van der Waals surface area contributed by atoms with Gasteiger partial charge < -0.3 is 20.1 Å². The van der Waals surface area contributed by atoms with Crippen molar-refractivity contribution in [3.05, 3.63) is 88.2 Å². The third kappa shape index (κ3) is 7.26. The maximum atomic E-state index is 12.5. The lowest BCUT2D eigenvalue weighted by Crippen LogP contribution is -2.40. The van der Waals surface area contributed by atoms with Crippen LogP contribution in [0.15, 0.2) is 67.0 Å². The number of aromatic nitrogens is 2. The van der Waals surface area contributed by atoms with Crippen LogP contribution in [-0.2, 0) is 9.53 Å². The first kappa shape index (κ1) is 26.2. The van der Waals surface area contributed by atoms with Crippen molar-refractivity contribution in [2.75, 3.05) is 25.2 Å². The first-order valence-electron chi connectivity index (χ1n) is 10.7. The fraction of sp³-hybridized carbons (Fsp3) is 0.200. The van der Waals surface area contributed by atoms with E-state index in [0.717, 1.165) is 11.3 Å². The van der Waals surface area contributed by atoms with Crippen molar-refractivity contribution in [1.29, 1.82) is 0 Å². The van der Waals surface area contributed by atoms with Crippen LogP contribution in [0, 0.1) is 0 Å². The molecule has 10 heteroatoms. The van der Waals surface area contributed by atoms with Gasteiger partial charge in [-0.1, -0.05) is 53.6 Å². The molecule has 0 spiro atoms. The van der Waals surface area contributed by atoms with E-state index in [4.69, 9.17) is 27.9 Å². The van der Waals surface area contributed by atoms with Crippen LogP contribution < -0.4 is 10.2 Å². The quantitative estimate of drug-likeness (QED) is 0.376. The normalized spacial score (nSPS) is 11.9. The Hall–Kier alpha value is -3.46. The van der Waals surface area contributed by atoms with E-state index in [1.165, 1.54) is 12.1 Å². The van der Waals surface area contributed by atoms with E-state index < -0.39 is 17.9 Å². The van der Waals surface area contributed by atoms with Gasteiger partial charge in [0.05, 0.1) is 22.2 Å². The lowest BCUT2D eigenvalue weighted by molar-refractivity contribution is -0.139. The lowest BCUT2D eigenvalue weighted by Gasteiger charge is -2.22. The van der Waals surface area contributed by atoms with Gasteiger partial charge in [-0.15, -0.1) is 0 Å².